The first-order valence-electron chi connectivity index (χ1n) is 9.64. The molecule has 1 aromatic heterocycles. The van der Waals surface area contributed by atoms with E-state index in [1.807, 2.05) is 42.6 Å². The molecule has 2 amide bonds. The summed E-state index contributed by atoms with van der Waals surface area (Å²) in [5.41, 5.74) is 4.77. The van der Waals surface area contributed by atoms with Crippen LogP contribution >= 0.6 is 0 Å². The third kappa shape index (κ3) is 4.34. The van der Waals surface area contributed by atoms with Crippen molar-refractivity contribution in [3.8, 4) is 11.4 Å². The van der Waals surface area contributed by atoms with Gasteiger partial charge < -0.3 is 15.4 Å². The average molecular weight is 376 g/mol. The van der Waals surface area contributed by atoms with E-state index in [2.05, 4.69) is 27.9 Å². The van der Waals surface area contributed by atoms with Gasteiger partial charge in [-0.05, 0) is 60.2 Å². The van der Waals surface area contributed by atoms with Crippen molar-refractivity contribution in [3.05, 3.63) is 77.6 Å². The van der Waals surface area contributed by atoms with Crippen molar-refractivity contribution in [3.63, 3.8) is 0 Å². The number of aromatic nitrogens is 2. The highest BCUT2D eigenvalue weighted by atomic mass is 16.5. The summed E-state index contributed by atoms with van der Waals surface area (Å²) in [5, 5.41) is 9.98. The molecule has 6 heteroatoms. The molecule has 6 nitrogen and oxygen atoms in total. The minimum Gasteiger partial charge on any atom is -0.492 e. The topological polar surface area (TPSA) is 68.2 Å². The van der Waals surface area contributed by atoms with Gasteiger partial charge in [0.1, 0.15) is 12.4 Å². The number of hydrogen-bond acceptors (Lipinski definition) is 3. The van der Waals surface area contributed by atoms with E-state index in [-0.39, 0.29) is 6.03 Å². The van der Waals surface area contributed by atoms with E-state index in [0.29, 0.717) is 19.7 Å². The van der Waals surface area contributed by atoms with Crippen LogP contribution in [0.2, 0.25) is 0 Å². The molecule has 144 valence electrons. The van der Waals surface area contributed by atoms with Crippen LogP contribution in [0.5, 0.6) is 5.75 Å². The molecule has 2 aromatic carbocycles. The van der Waals surface area contributed by atoms with Crippen molar-refractivity contribution in [2.24, 2.45) is 0 Å². The summed E-state index contributed by atoms with van der Waals surface area (Å²) in [5.74, 6) is 0.871. The van der Waals surface area contributed by atoms with Crippen molar-refractivity contribution in [2.75, 3.05) is 13.2 Å². The first-order chi connectivity index (χ1) is 13.8. The number of nitrogens with zero attached hydrogens (tertiary/aromatic N) is 2. The molecular formula is C22H24N4O2. The van der Waals surface area contributed by atoms with E-state index in [1.165, 1.54) is 24.0 Å². The Hall–Kier alpha value is -3.28. The maximum atomic E-state index is 12.1. The molecule has 0 aliphatic heterocycles. The summed E-state index contributed by atoms with van der Waals surface area (Å²) >= 11 is 0. The highest BCUT2D eigenvalue weighted by Gasteiger charge is 2.11. The molecule has 1 aliphatic carbocycles. The maximum absolute atomic E-state index is 12.1. The number of aryl methyl sites for hydroxylation is 2. The first-order valence-corrected chi connectivity index (χ1v) is 9.64. The molecule has 0 bridgehead atoms. The molecule has 3 aromatic rings. The van der Waals surface area contributed by atoms with Gasteiger partial charge in [-0.1, -0.05) is 24.3 Å². The number of carbonyl (C=O) groups is 1. The maximum Gasteiger partial charge on any atom is 0.315 e. The largest absolute Gasteiger partial charge is 0.492 e. The molecule has 2 N–H and O–H groups in total. The fraction of sp³-hybridized carbons (Fsp3) is 0.273. The highest BCUT2D eigenvalue weighted by molar-refractivity contribution is 5.73. The SMILES string of the molecule is O=C(NCCOc1ccc2c(c1)CCC2)NCc1ccccc1-n1cccn1. The van der Waals surface area contributed by atoms with Crippen LogP contribution in [0.25, 0.3) is 5.69 Å². The summed E-state index contributed by atoms with van der Waals surface area (Å²) in [6.07, 6.45) is 7.14. The summed E-state index contributed by atoms with van der Waals surface area (Å²) in [4.78, 5) is 12.1. The molecule has 1 heterocycles. The van der Waals surface area contributed by atoms with Crippen LogP contribution in [0.1, 0.15) is 23.1 Å². The normalized spacial score (nSPS) is 12.4. The second kappa shape index (κ2) is 8.61. The molecule has 28 heavy (non-hydrogen) atoms. The molecule has 0 fully saturated rings. The number of ether oxygens (including phenoxy) is 1. The Kier molecular flexibility index (Phi) is 5.56. The number of hydrogen-bond donors (Lipinski definition) is 2. The fourth-order valence-corrected chi connectivity index (χ4v) is 3.50. The quantitative estimate of drug-likeness (QED) is 0.622. The van der Waals surface area contributed by atoms with E-state index in [0.717, 1.165) is 23.4 Å². The van der Waals surface area contributed by atoms with E-state index in [9.17, 15) is 4.79 Å². The van der Waals surface area contributed by atoms with Gasteiger partial charge in [-0.15, -0.1) is 0 Å². The van der Waals surface area contributed by atoms with Crippen molar-refractivity contribution in [1.29, 1.82) is 0 Å². The summed E-state index contributed by atoms with van der Waals surface area (Å²) in [6, 6.07) is 15.8. The Labute approximate surface area is 164 Å². The molecule has 1 aliphatic rings. The predicted molar refractivity (Wildman–Crippen MR) is 108 cm³/mol. The van der Waals surface area contributed by atoms with Crippen LogP contribution < -0.4 is 15.4 Å². The Morgan fingerprint density at radius 1 is 1.07 bits per heavy atom. The van der Waals surface area contributed by atoms with E-state index >= 15 is 0 Å². The van der Waals surface area contributed by atoms with Gasteiger partial charge in [-0.2, -0.15) is 5.10 Å². The number of carbonyl (C=O) groups excluding carboxylic acids is 1. The Morgan fingerprint density at radius 3 is 2.86 bits per heavy atom. The summed E-state index contributed by atoms with van der Waals surface area (Å²) in [6.45, 7) is 1.31. The third-order valence-corrected chi connectivity index (χ3v) is 4.91. The lowest BCUT2D eigenvalue weighted by molar-refractivity contribution is 0.236. The van der Waals surface area contributed by atoms with Crippen LogP contribution in [0.3, 0.4) is 0 Å². The Bertz CT molecular complexity index is 937. The molecule has 0 atom stereocenters. The van der Waals surface area contributed by atoms with Crippen LogP contribution in [0.15, 0.2) is 60.9 Å². The predicted octanol–water partition coefficient (Wildman–Crippen LogP) is 3.24. The van der Waals surface area contributed by atoms with Crippen LogP contribution in [0, 0.1) is 0 Å². The number of benzene rings is 2. The number of para-hydroxylation sites is 1. The molecule has 0 spiro atoms. The monoisotopic (exact) mass is 376 g/mol. The second-order valence-electron chi connectivity index (χ2n) is 6.82. The third-order valence-electron chi connectivity index (χ3n) is 4.91. The zero-order chi connectivity index (χ0) is 19.2. The van der Waals surface area contributed by atoms with Gasteiger partial charge in [0.05, 0.1) is 12.2 Å². The molecule has 4 rings (SSSR count). The average Bonchev–Trinajstić information content (AvgIpc) is 3.41. The van der Waals surface area contributed by atoms with E-state index in [4.69, 9.17) is 4.74 Å². The van der Waals surface area contributed by atoms with Crippen molar-refractivity contribution in [2.45, 2.75) is 25.8 Å². The lowest BCUT2D eigenvalue weighted by Gasteiger charge is -2.12. The fourth-order valence-electron chi connectivity index (χ4n) is 3.50. The van der Waals surface area contributed by atoms with Crippen LogP contribution in [-0.4, -0.2) is 29.0 Å². The summed E-state index contributed by atoms with van der Waals surface area (Å²) in [7, 11) is 0. The van der Waals surface area contributed by atoms with Gasteiger partial charge in [-0.25, -0.2) is 9.48 Å². The highest BCUT2D eigenvalue weighted by Crippen LogP contribution is 2.25. The minimum atomic E-state index is -0.215. The Balaban J connectivity index is 1.21. The van der Waals surface area contributed by atoms with Gasteiger partial charge in [0, 0.05) is 18.9 Å². The minimum absolute atomic E-state index is 0.215. The molecule has 0 saturated carbocycles. The standard InChI is InChI=1S/C22H24N4O2/c27-22(23-12-14-28-20-10-9-17-6-3-7-18(17)15-20)24-16-19-5-1-2-8-21(19)26-13-4-11-25-26/h1-2,4-5,8-11,13,15H,3,6-7,12,14,16H2,(H2,23,24,27). The summed E-state index contributed by atoms with van der Waals surface area (Å²) < 4.78 is 7.55. The second-order valence-corrected chi connectivity index (χ2v) is 6.82. The zero-order valence-electron chi connectivity index (χ0n) is 15.7. The zero-order valence-corrected chi connectivity index (χ0v) is 15.7. The lowest BCUT2D eigenvalue weighted by Crippen LogP contribution is -2.37. The molecular weight excluding hydrogens is 352 g/mol. The number of rotatable bonds is 7. The smallest absolute Gasteiger partial charge is 0.315 e. The van der Waals surface area contributed by atoms with Crippen molar-refractivity contribution >= 4 is 6.03 Å². The van der Waals surface area contributed by atoms with Crippen molar-refractivity contribution in [1.82, 2.24) is 20.4 Å². The lowest BCUT2D eigenvalue weighted by atomic mass is 10.1. The van der Waals surface area contributed by atoms with Gasteiger partial charge in [0.15, 0.2) is 0 Å². The van der Waals surface area contributed by atoms with Gasteiger partial charge >= 0.3 is 6.03 Å². The number of amides is 2. The van der Waals surface area contributed by atoms with Crippen LogP contribution in [-0.2, 0) is 19.4 Å². The number of fused-ring (bicyclic) bond motifs is 1. The van der Waals surface area contributed by atoms with E-state index in [1.54, 1.807) is 10.9 Å². The molecule has 0 radical (unpaired) electrons. The first kappa shape index (κ1) is 18.1. The Morgan fingerprint density at radius 2 is 1.96 bits per heavy atom. The number of nitrogens with one attached hydrogen (secondary N) is 2. The van der Waals surface area contributed by atoms with E-state index < -0.39 is 0 Å². The van der Waals surface area contributed by atoms with Gasteiger partial charge in [0.25, 0.3) is 0 Å². The van der Waals surface area contributed by atoms with Crippen LogP contribution in [0.4, 0.5) is 4.79 Å². The van der Waals surface area contributed by atoms with Gasteiger partial charge in [-0.3, -0.25) is 0 Å². The number of urea groups is 1. The molecule has 0 unspecified atom stereocenters. The van der Waals surface area contributed by atoms with Crippen molar-refractivity contribution < 1.29 is 9.53 Å². The van der Waals surface area contributed by atoms with Gasteiger partial charge in [0.2, 0.25) is 0 Å². The molecule has 0 saturated heterocycles.